The SMILES string of the molecule is CCN(C(=O)C1(c2ccccc2)CC1)C1CCCNC1. The van der Waals surface area contributed by atoms with Gasteiger partial charge in [-0.3, -0.25) is 4.79 Å². The topological polar surface area (TPSA) is 32.3 Å². The zero-order chi connectivity index (χ0) is 14.0. The molecule has 20 heavy (non-hydrogen) atoms. The zero-order valence-corrected chi connectivity index (χ0v) is 12.3. The summed E-state index contributed by atoms with van der Waals surface area (Å²) in [6.45, 7) is 4.96. The fourth-order valence-corrected chi connectivity index (χ4v) is 3.45. The number of amides is 1. The number of hydrogen-bond acceptors (Lipinski definition) is 2. The summed E-state index contributed by atoms with van der Waals surface area (Å²) in [5.74, 6) is 0.347. The monoisotopic (exact) mass is 272 g/mol. The Hall–Kier alpha value is -1.35. The lowest BCUT2D eigenvalue weighted by Gasteiger charge is -2.36. The highest BCUT2D eigenvalue weighted by Gasteiger charge is 2.53. The highest BCUT2D eigenvalue weighted by Crippen LogP contribution is 2.49. The second-order valence-corrected chi connectivity index (χ2v) is 6.04. The van der Waals surface area contributed by atoms with Gasteiger partial charge in [0.1, 0.15) is 0 Å². The van der Waals surface area contributed by atoms with Gasteiger partial charge in [-0.15, -0.1) is 0 Å². The third-order valence-electron chi connectivity index (χ3n) is 4.80. The lowest BCUT2D eigenvalue weighted by atomic mass is 9.93. The number of nitrogens with one attached hydrogen (secondary N) is 1. The predicted molar refractivity (Wildman–Crippen MR) is 80.6 cm³/mol. The Morgan fingerprint density at radius 3 is 2.65 bits per heavy atom. The van der Waals surface area contributed by atoms with Crippen LogP contribution in [0.3, 0.4) is 0 Å². The average Bonchev–Trinajstić information content (AvgIpc) is 3.32. The van der Waals surface area contributed by atoms with Gasteiger partial charge in [-0.2, -0.15) is 0 Å². The van der Waals surface area contributed by atoms with Gasteiger partial charge in [0.25, 0.3) is 0 Å². The Morgan fingerprint density at radius 1 is 1.35 bits per heavy atom. The van der Waals surface area contributed by atoms with Crippen LogP contribution in [0.5, 0.6) is 0 Å². The fourth-order valence-electron chi connectivity index (χ4n) is 3.45. The van der Waals surface area contributed by atoms with Gasteiger partial charge < -0.3 is 10.2 Å². The first-order chi connectivity index (χ1) is 9.78. The molecule has 3 nitrogen and oxygen atoms in total. The Balaban J connectivity index is 1.80. The van der Waals surface area contributed by atoms with E-state index in [1.54, 1.807) is 0 Å². The number of rotatable bonds is 4. The number of piperidine rings is 1. The average molecular weight is 272 g/mol. The summed E-state index contributed by atoms with van der Waals surface area (Å²) >= 11 is 0. The number of carbonyl (C=O) groups is 1. The van der Waals surface area contributed by atoms with Crippen LogP contribution in [0.25, 0.3) is 0 Å². The van der Waals surface area contributed by atoms with Crippen LogP contribution in [0.1, 0.15) is 38.2 Å². The van der Waals surface area contributed by atoms with Gasteiger partial charge in [0.05, 0.1) is 5.41 Å². The van der Waals surface area contributed by atoms with Crippen LogP contribution >= 0.6 is 0 Å². The van der Waals surface area contributed by atoms with E-state index in [4.69, 9.17) is 0 Å². The molecule has 1 amide bonds. The molecule has 0 spiro atoms. The van der Waals surface area contributed by atoms with Crippen LogP contribution in [0.2, 0.25) is 0 Å². The van der Waals surface area contributed by atoms with Gasteiger partial charge in [-0.05, 0) is 44.7 Å². The van der Waals surface area contributed by atoms with Crippen molar-refractivity contribution in [2.45, 2.75) is 44.1 Å². The molecule has 1 aromatic rings. The first-order valence-corrected chi connectivity index (χ1v) is 7.85. The van der Waals surface area contributed by atoms with Crippen LogP contribution in [0, 0.1) is 0 Å². The van der Waals surface area contributed by atoms with Crippen molar-refractivity contribution >= 4 is 5.91 Å². The van der Waals surface area contributed by atoms with E-state index in [0.29, 0.717) is 11.9 Å². The van der Waals surface area contributed by atoms with Crippen molar-refractivity contribution < 1.29 is 4.79 Å². The molecule has 1 aliphatic carbocycles. The van der Waals surface area contributed by atoms with Crippen LogP contribution in [0.15, 0.2) is 30.3 Å². The zero-order valence-electron chi connectivity index (χ0n) is 12.3. The van der Waals surface area contributed by atoms with Crippen molar-refractivity contribution in [2.75, 3.05) is 19.6 Å². The van der Waals surface area contributed by atoms with Crippen molar-refractivity contribution in [2.24, 2.45) is 0 Å². The van der Waals surface area contributed by atoms with E-state index in [1.807, 2.05) is 18.2 Å². The normalized spacial score (nSPS) is 24.1. The Kier molecular flexibility index (Phi) is 3.79. The van der Waals surface area contributed by atoms with Crippen LogP contribution in [0.4, 0.5) is 0 Å². The minimum Gasteiger partial charge on any atom is -0.338 e. The molecule has 1 heterocycles. The number of hydrogen-bond donors (Lipinski definition) is 1. The van der Waals surface area contributed by atoms with Crippen molar-refractivity contribution in [3.8, 4) is 0 Å². The molecule has 2 fully saturated rings. The van der Waals surface area contributed by atoms with Crippen LogP contribution in [-0.2, 0) is 10.2 Å². The minimum atomic E-state index is -0.214. The summed E-state index contributed by atoms with van der Waals surface area (Å²) in [7, 11) is 0. The van der Waals surface area contributed by atoms with Gasteiger partial charge >= 0.3 is 0 Å². The van der Waals surface area contributed by atoms with Crippen molar-refractivity contribution in [1.82, 2.24) is 10.2 Å². The molecular weight excluding hydrogens is 248 g/mol. The quantitative estimate of drug-likeness (QED) is 0.912. The molecule has 0 bridgehead atoms. The van der Waals surface area contributed by atoms with E-state index in [1.165, 1.54) is 12.0 Å². The molecular formula is C17H24N2O. The fraction of sp³-hybridized carbons (Fsp3) is 0.588. The Labute approximate surface area is 121 Å². The van der Waals surface area contributed by atoms with Gasteiger partial charge in [0.15, 0.2) is 0 Å². The molecule has 0 radical (unpaired) electrons. The molecule has 1 aliphatic heterocycles. The first kappa shape index (κ1) is 13.6. The minimum absolute atomic E-state index is 0.214. The largest absolute Gasteiger partial charge is 0.338 e. The summed E-state index contributed by atoms with van der Waals surface area (Å²) in [6.07, 6.45) is 4.32. The number of carbonyl (C=O) groups excluding carboxylic acids is 1. The first-order valence-electron chi connectivity index (χ1n) is 7.85. The molecule has 1 atom stereocenters. The van der Waals surface area contributed by atoms with Crippen molar-refractivity contribution in [3.63, 3.8) is 0 Å². The Bertz CT molecular complexity index is 461. The maximum absolute atomic E-state index is 13.1. The maximum Gasteiger partial charge on any atom is 0.233 e. The van der Waals surface area contributed by atoms with Gasteiger partial charge in [0.2, 0.25) is 5.91 Å². The third kappa shape index (κ3) is 2.35. The molecule has 1 saturated heterocycles. The lowest BCUT2D eigenvalue weighted by molar-refractivity contribution is -0.136. The summed E-state index contributed by atoms with van der Waals surface area (Å²) in [6, 6.07) is 10.7. The predicted octanol–water partition coefficient (Wildman–Crippen LogP) is 2.32. The summed E-state index contributed by atoms with van der Waals surface area (Å²) in [5, 5.41) is 3.42. The second-order valence-electron chi connectivity index (χ2n) is 6.04. The Morgan fingerprint density at radius 2 is 2.10 bits per heavy atom. The van der Waals surface area contributed by atoms with E-state index in [2.05, 4.69) is 29.3 Å². The molecule has 3 rings (SSSR count). The van der Waals surface area contributed by atoms with E-state index in [-0.39, 0.29) is 5.41 Å². The summed E-state index contributed by atoms with van der Waals surface area (Å²) in [4.78, 5) is 15.2. The smallest absolute Gasteiger partial charge is 0.233 e. The van der Waals surface area contributed by atoms with Crippen molar-refractivity contribution in [3.05, 3.63) is 35.9 Å². The number of likely N-dealkylation sites (N-methyl/N-ethyl adjacent to an activating group) is 1. The lowest BCUT2D eigenvalue weighted by Crippen LogP contribution is -2.51. The molecule has 1 aromatic carbocycles. The van der Waals surface area contributed by atoms with Gasteiger partial charge in [-0.25, -0.2) is 0 Å². The van der Waals surface area contributed by atoms with Crippen LogP contribution < -0.4 is 5.32 Å². The third-order valence-corrected chi connectivity index (χ3v) is 4.80. The summed E-state index contributed by atoms with van der Waals surface area (Å²) in [5.41, 5.74) is 0.988. The highest BCUT2D eigenvalue weighted by atomic mass is 16.2. The molecule has 1 saturated carbocycles. The van der Waals surface area contributed by atoms with E-state index < -0.39 is 0 Å². The highest BCUT2D eigenvalue weighted by molar-refractivity contribution is 5.91. The maximum atomic E-state index is 13.1. The number of benzene rings is 1. The van der Waals surface area contributed by atoms with Gasteiger partial charge in [0, 0.05) is 19.1 Å². The molecule has 2 aliphatic rings. The van der Waals surface area contributed by atoms with Crippen LogP contribution in [-0.4, -0.2) is 36.5 Å². The second kappa shape index (κ2) is 5.57. The van der Waals surface area contributed by atoms with Crippen molar-refractivity contribution in [1.29, 1.82) is 0 Å². The molecule has 0 aromatic heterocycles. The van der Waals surface area contributed by atoms with E-state index >= 15 is 0 Å². The van der Waals surface area contributed by atoms with Gasteiger partial charge in [-0.1, -0.05) is 30.3 Å². The standard InChI is InChI=1S/C17H24N2O/c1-2-19(15-9-6-12-18-13-15)16(20)17(10-11-17)14-7-4-3-5-8-14/h3-5,7-8,15,18H,2,6,9-13H2,1H3. The summed E-state index contributed by atoms with van der Waals surface area (Å²) < 4.78 is 0. The van der Waals surface area contributed by atoms with E-state index in [0.717, 1.165) is 38.9 Å². The van der Waals surface area contributed by atoms with E-state index in [9.17, 15) is 4.79 Å². The molecule has 1 unspecified atom stereocenters. The molecule has 1 N–H and O–H groups in total. The number of nitrogens with zero attached hydrogens (tertiary/aromatic N) is 1. The molecule has 3 heteroatoms. The molecule has 108 valence electrons.